The van der Waals surface area contributed by atoms with E-state index in [1.165, 1.54) is 0 Å². The fourth-order valence-corrected chi connectivity index (χ4v) is 1.28. The van der Waals surface area contributed by atoms with Crippen molar-refractivity contribution in [2.45, 2.75) is 19.0 Å². The van der Waals surface area contributed by atoms with E-state index in [1.807, 2.05) is 0 Å². The molecule has 0 aromatic rings. The van der Waals surface area contributed by atoms with Gasteiger partial charge in [-0.05, 0) is 25.9 Å². The number of halogens is 1. The predicted octanol–water partition coefficient (Wildman–Crippen LogP) is 0.409. The van der Waals surface area contributed by atoms with Gasteiger partial charge in [-0.25, -0.2) is 4.39 Å². The Bertz CT molecular complexity index is 151. The molecule has 0 aromatic carbocycles. The molecule has 0 saturated carbocycles. The molecule has 1 rings (SSSR count). The van der Waals surface area contributed by atoms with Gasteiger partial charge in [0.25, 0.3) is 0 Å². The Morgan fingerprint density at radius 3 is 2.73 bits per heavy atom. The van der Waals surface area contributed by atoms with E-state index in [-0.39, 0.29) is 0 Å². The maximum absolute atomic E-state index is 12.9. The molecule has 2 N–H and O–H groups in total. The van der Waals surface area contributed by atoms with E-state index in [0.717, 1.165) is 0 Å². The number of aliphatic carboxylic acids is 1. The summed E-state index contributed by atoms with van der Waals surface area (Å²) in [4.78, 5) is 10.4. The van der Waals surface area contributed by atoms with Gasteiger partial charge in [-0.3, -0.25) is 4.79 Å². The molecular formula is C7H12FNO2. The van der Waals surface area contributed by atoms with Crippen LogP contribution in [0.2, 0.25) is 0 Å². The van der Waals surface area contributed by atoms with E-state index in [0.29, 0.717) is 25.9 Å². The van der Waals surface area contributed by atoms with Crippen LogP contribution in [0.1, 0.15) is 12.8 Å². The zero-order valence-electron chi connectivity index (χ0n) is 6.22. The Morgan fingerprint density at radius 2 is 2.09 bits per heavy atom. The molecule has 1 heterocycles. The lowest BCUT2D eigenvalue weighted by Crippen LogP contribution is -2.24. The van der Waals surface area contributed by atoms with Crippen LogP contribution < -0.4 is 5.32 Å². The summed E-state index contributed by atoms with van der Waals surface area (Å²) in [5.41, 5.74) is 0. The third-order valence-corrected chi connectivity index (χ3v) is 1.98. The monoisotopic (exact) mass is 161 g/mol. The quantitative estimate of drug-likeness (QED) is 0.585. The Morgan fingerprint density at radius 1 is 1.45 bits per heavy atom. The van der Waals surface area contributed by atoms with Crippen LogP contribution in [0, 0.1) is 5.92 Å². The van der Waals surface area contributed by atoms with E-state index >= 15 is 0 Å². The lowest BCUT2D eigenvalue weighted by Gasteiger charge is -2.11. The van der Waals surface area contributed by atoms with Crippen LogP contribution >= 0.6 is 0 Å². The van der Waals surface area contributed by atoms with Crippen LogP contribution in [0.25, 0.3) is 0 Å². The topological polar surface area (TPSA) is 49.3 Å². The molecule has 64 valence electrons. The van der Waals surface area contributed by atoms with E-state index in [2.05, 4.69) is 5.32 Å². The number of carbonyl (C=O) groups is 1. The highest BCUT2D eigenvalue weighted by molar-refractivity contribution is 5.70. The SMILES string of the molecule is O=C(O)[C@H]1CCNCC[C@H]1F. The van der Waals surface area contributed by atoms with Gasteiger partial charge in [-0.2, -0.15) is 0 Å². The summed E-state index contributed by atoms with van der Waals surface area (Å²) in [6, 6.07) is 0. The average Bonchev–Trinajstić information content (AvgIpc) is 2.13. The maximum atomic E-state index is 12.9. The minimum Gasteiger partial charge on any atom is -0.481 e. The molecule has 11 heavy (non-hydrogen) atoms. The molecule has 3 nitrogen and oxygen atoms in total. The molecule has 0 aliphatic carbocycles. The molecule has 4 heteroatoms. The first-order chi connectivity index (χ1) is 5.22. The summed E-state index contributed by atoms with van der Waals surface area (Å²) in [6.45, 7) is 1.20. The Labute approximate surface area is 64.6 Å². The molecule has 0 unspecified atom stereocenters. The largest absolute Gasteiger partial charge is 0.481 e. The molecule has 1 saturated heterocycles. The normalized spacial score (nSPS) is 32.8. The van der Waals surface area contributed by atoms with E-state index in [1.54, 1.807) is 0 Å². The molecule has 1 aliphatic rings. The molecule has 0 amide bonds. The van der Waals surface area contributed by atoms with Crippen molar-refractivity contribution >= 4 is 5.97 Å². The van der Waals surface area contributed by atoms with Gasteiger partial charge >= 0.3 is 5.97 Å². The highest BCUT2D eigenvalue weighted by Crippen LogP contribution is 2.17. The van der Waals surface area contributed by atoms with Crippen LogP contribution in [-0.2, 0) is 4.79 Å². The van der Waals surface area contributed by atoms with Gasteiger partial charge in [0.15, 0.2) is 0 Å². The first kappa shape index (κ1) is 8.46. The zero-order valence-corrected chi connectivity index (χ0v) is 6.22. The van der Waals surface area contributed by atoms with Crippen molar-refractivity contribution in [2.24, 2.45) is 5.92 Å². The van der Waals surface area contributed by atoms with Crippen LogP contribution in [0.15, 0.2) is 0 Å². The zero-order chi connectivity index (χ0) is 8.27. The summed E-state index contributed by atoms with van der Waals surface area (Å²) < 4.78 is 12.9. The maximum Gasteiger partial charge on any atom is 0.309 e. The van der Waals surface area contributed by atoms with Crippen LogP contribution in [0.4, 0.5) is 4.39 Å². The highest BCUT2D eigenvalue weighted by atomic mass is 19.1. The van der Waals surface area contributed by atoms with Gasteiger partial charge in [0.2, 0.25) is 0 Å². The number of nitrogens with one attached hydrogen (secondary N) is 1. The minimum absolute atomic E-state index is 0.316. The average molecular weight is 161 g/mol. The van der Waals surface area contributed by atoms with Crippen molar-refractivity contribution in [2.75, 3.05) is 13.1 Å². The summed E-state index contributed by atoms with van der Waals surface area (Å²) >= 11 is 0. The Hall–Kier alpha value is -0.640. The number of hydrogen-bond donors (Lipinski definition) is 2. The third-order valence-electron chi connectivity index (χ3n) is 1.98. The fourth-order valence-electron chi connectivity index (χ4n) is 1.28. The standard InChI is InChI=1S/C7H12FNO2/c8-6-2-4-9-3-1-5(6)7(10)11/h5-6,9H,1-4H2,(H,10,11)/t5-,6+/m0/s1. The second-order valence-corrected chi connectivity index (χ2v) is 2.79. The highest BCUT2D eigenvalue weighted by Gasteiger charge is 2.28. The molecule has 0 spiro atoms. The number of alkyl halides is 1. The van der Waals surface area contributed by atoms with E-state index in [9.17, 15) is 9.18 Å². The van der Waals surface area contributed by atoms with Crippen LogP contribution in [0.3, 0.4) is 0 Å². The third kappa shape index (κ3) is 2.15. The second-order valence-electron chi connectivity index (χ2n) is 2.79. The van der Waals surface area contributed by atoms with Gasteiger partial charge in [-0.15, -0.1) is 0 Å². The number of hydrogen-bond acceptors (Lipinski definition) is 2. The Balaban J connectivity index is 2.52. The van der Waals surface area contributed by atoms with Crippen LogP contribution in [-0.4, -0.2) is 30.3 Å². The van der Waals surface area contributed by atoms with Crippen molar-refractivity contribution < 1.29 is 14.3 Å². The predicted molar refractivity (Wildman–Crippen MR) is 38.1 cm³/mol. The van der Waals surface area contributed by atoms with E-state index < -0.39 is 18.1 Å². The smallest absolute Gasteiger partial charge is 0.309 e. The molecule has 1 aliphatic heterocycles. The van der Waals surface area contributed by atoms with Gasteiger partial charge in [0.05, 0.1) is 5.92 Å². The van der Waals surface area contributed by atoms with Gasteiger partial charge < -0.3 is 10.4 Å². The first-order valence-electron chi connectivity index (χ1n) is 3.79. The van der Waals surface area contributed by atoms with Gasteiger partial charge in [0.1, 0.15) is 6.17 Å². The second kappa shape index (κ2) is 3.67. The lowest BCUT2D eigenvalue weighted by atomic mass is 9.99. The molecule has 0 bridgehead atoms. The number of carboxylic acid groups (broad SMARTS) is 1. The Kier molecular flexibility index (Phi) is 2.82. The summed E-state index contributed by atoms with van der Waals surface area (Å²) in [5, 5.41) is 11.5. The van der Waals surface area contributed by atoms with Crippen molar-refractivity contribution in [3.8, 4) is 0 Å². The van der Waals surface area contributed by atoms with Gasteiger partial charge in [0, 0.05) is 0 Å². The van der Waals surface area contributed by atoms with Crippen molar-refractivity contribution in [1.29, 1.82) is 0 Å². The fraction of sp³-hybridized carbons (Fsp3) is 0.857. The molecular weight excluding hydrogens is 149 g/mol. The summed E-state index contributed by atoms with van der Waals surface area (Å²) in [5.74, 6) is -1.81. The molecule has 1 fully saturated rings. The summed E-state index contributed by atoms with van der Waals surface area (Å²) in [6.07, 6.45) is -0.463. The lowest BCUT2D eigenvalue weighted by molar-refractivity contribution is -0.144. The van der Waals surface area contributed by atoms with Crippen molar-refractivity contribution in [1.82, 2.24) is 5.32 Å². The van der Waals surface area contributed by atoms with Crippen molar-refractivity contribution in [3.05, 3.63) is 0 Å². The molecule has 2 atom stereocenters. The molecule has 0 aromatic heterocycles. The minimum atomic E-state index is -1.18. The summed E-state index contributed by atoms with van der Waals surface area (Å²) in [7, 11) is 0. The van der Waals surface area contributed by atoms with Crippen LogP contribution in [0.5, 0.6) is 0 Å². The van der Waals surface area contributed by atoms with Crippen molar-refractivity contribution in [3.63, 3.8) is 0 Å². The van der Waals surface area contributed by atoms with Gasteiger partial charge in [-0.1, -0.05) is 0 Å². The molecule has 0 radical (unpaired) electrons. The number of carboxylic acids is 1. The number of rotatable bonds is 1. The first-order valence-corrected chi connectivity index (χ1v) is 3.79. The van der Waals surface area contributed by atoms with E-state index in [4.69, 9.17) is 5.11 Å².